The summed E-state index contributed by atoms with van der Waals surface area (Å²) >= 11 is 0. The van der Waals surface area contributed by atoms with Crippen molar-refractivity contribution >= 4 is 11.6 Å². The van der Waals surface area contributed by atoms with Crippen LogP contribution in [-0.4, -0.2) is 38.6 Å². The minimum atomic E-state index is 0.0304. The van der Waals surface area contributed by atoms with Crippen molar-refractivity contribution in [2.45, 2.75) is 31.8 Å². The molecule has 4 heteroatoms. The zero-order valence-electron chi connectivity index (χ0n) is 11.9. The SMILES string of the molecule is CC1CC(NC(=O)c2cccc(N(C)C)c2)CCN1. The lowest BCUT2D eigenvalue weighted by Crippen LogP contribution is -2.46. The summed E-state index contributed by atoms with van der Waals surface area (Å²) in [4.78, 5) is 14.2. The third-order valence-electron chi connectivity index (χ3n) is 3.58. The molecule has 1 aliphatic heterocycles. The van der Waals surface area contributed by atoms with Crippen molar-refractivity contribution < 1.29 is 4.79 Å². The molecule has 1 heterocycles. The first kappa shape index (κ1) is 13.9. The van der Waals surface area contributed by atoms with Crippen LogP contribution < -0.4 is 15.5 Å². The van der Waals surface area contributed by atoms with Crippen LogP contribution in [0.5, 0.6) is 0 Å². The highest BCUT2D eigenvalue weighted by Crippen LogP contribution is 2.14. The number of nitrogens with one attached hydrogen (secondary N) is 2. The first-order chi connectivity index (χ1) is 9.06. The van der Waals surface area contributed by atoms with Crippen molar-refractivity contribution in [2.24, 2.45) is 0 Å². The number of hydrogen-bond acceptors (Lipinski definition) is 3. The number of carbonyl (C=O) groups is 1. The van der Waals surface area contributed by atoms with Crippen molar-refractivity contribution in [3.63, 3.8) is 0 Å². The number of rotatable bonds is 3. The van der Waals surface area contributed by atoms with E-state index in [-0.39, 0.29) is 11.9 Å². The minimum absolute atomic E-state index is 0.0304. The highest BCUT2D eigenvalue weighted by Gasteiger charge is 2.20. The van der Waals surface area contributed by atoms with E-state index in [0.29, 0.717) is 6.04 Å². The average Bonchev–Trinajstić information content (AvgIpc) is 2.39. The predicted molar refractivity (Wildman–Crippen MR) is 78.7 cm³/mol. The first-order valence-electron chi connectivity index (χ1n) is 6.88. The maximum atomic E-state index is 12.2. The Morgan fingerprint density at radius 3 is 2.89 bits per heavy atom. The first-order valence-corrected chi connectivity index (χ1v) is 6.88. The van der Waals surface area contributed by atoms with Crippen LogP contribution >= 0.6 is 0 Å². The third-order valence-corrected chi connectivity index (χ3v) is 3.58. The Balaban J connectivity index is 2.01. The molecule has 2 atom stereocenters. The molecule has 4 nitrogen and oxygen atoms in total. The van der Waals surface area contributed by atoms with Crippen molar-refractivity contribution in [1.29, 1.82) is 0 Å². The fourth-order valence-electron chi connectivity index (χ4n) is 2.46. The second kappa shape index (κ2) is 6.06. The van der Waals surface area contributed by atoms with Gasteiger partial charge >= 0.3 is 0 Å². The molecule has 0 bridgehead atoms. The Bertz CT molecular complexity index is 445. The van der Waals surface area contributed by atoms with E-state index in [4.69, 9.17) is 0 Å². The topological polar surface area (TPSA) is 44.4 Å². The molecule has 2 N–H and O–H groups in total. The van der Waals surface area contributed by atoms with Gasteiger partial charge in [0.2, 0.25) is 0 Å². The zero-order chi connectivity index (χ0) is 13.8. The van der Waals surface area contributed by atoms with Crippen LogP contribution in [0.15, 0.2) is 24.3 Å². The summed E-state index contributed by atoms with van der Waals surface area (Å²) < 4.78 is 0. The lowest BCUT2D eigenvalue weighted by Gasteiger charge is -2.28. The van der Waals surface area contributed by atoms with Crippen molar-refractivity contribution in [3.05, 3.63) is 29.8 Å². The second-order valence-electron chi connectivity index (χ2n) is 5.49. The van der Waals surface area contributed by atoms with Crippen LogP contribution in [0.4, 0.5) is 5.69 Å². The molecule has 0 saturated carbocycles. The summed E-state index contributed by atoms with van der Waals surface area (Å²) in [5.74, 6) is 0.0304. The van der Waals surface area contributed by atoms with E-state index in [1.165, 1.54) is 0 Å². The van der Waals surface area contributed by atoms with Crippen molar-refractivity contribution in [2.75, 3.05) is 25.5 Å². The van der Waals surface area contributed by atoms with Gasteiger partial charge in [-0.3, -0.25) is 4.79 Å². The largest absolute Gasteiger partial charge is 0.378 e. The second-order valence-corrected chi connectivity index (χ2v) is 5.49. The van der Waals surface area contributed by atoms with Gasteiger partial charge in [0.15, 0.2) is 0 Å². The molecular formula is C15H23N3O. The smallest absolute Gasteiger partial charge is 0.251 e. The molecule has 0 aliphatic carbocycles. The molecule has 0 radical (unpaired) electrons. The number of nitrogens with zero attached hydrogens (tertiary/aromatic N) is 1. The van der Waals surface area contributed by atoms with E-state index < -0.39 is 0 Å². The molecule has 2 rings (SSSR count). The maximum Gasteiger partial charge on any atom is 0.251 e. The fraction of sp³-hybridized carbons (Fsp3) is 0.533. The lowest BCUT2D eigenvalue weighted by atomic mass is 10.00. The van der Waals surface area contributed by atoms with E-state index in [9.17, 15) is 4.79 Å². The van der Waals surface area contributed by atoms with Crippen molar-refractivity contribution in [3.8, 4) is 0 Å². The highest BCUT2D eigenvalue weighted by atomic mass is 16.1. The number of benzene rings is 1. The van der Waals surface area contributed by atoms with Crippen LogP contribution in [0.1, 0.15) is 30.1 Å². The van der Waals surface area contributed by atoms with E-state index in [1.807, 2.05) is 43.3 Å². The van der Waals surface area contributed by atoms with Gasteiger partial charge in [0.25, 0.3) is 5.91 Å². The average molecular weight is 261 g/mol. The quantitative estimate of drug-likeness (QED) is 0.869. The molecule has 1 amide bonds. The summed E-state index contributed by atoms with van der Waals surface area (Å²) in [5.41, 5.74) is 1.78. The minimum Gasteiger partial charge on any atom is -0.378 e. The summed E-state index contributed by atoms with van der Waals surface area (Å²) in [6.07, 6.45) is 2.00. The van der Waals surface area contributed by atoms with Crippen LogP contribution in [0.2, 0.25) is 0 Å². The van der Waals surface area contributed by atoms with Gasteiger partial charge in [-0.2, -0.15) is 0 Å². The molecule has 1 fully saturated rings. The van der Waals surface area contributed by atoms with Gasteiger partial charge in [0, 0.05) is 37.4 Å². The van der Waals surface area contributed by atoms with Gasteiger partial charge < -0.3 is 15.5 Å². The van der Waals surface area contributed by atoms with Gasteiger partial charge in [0.05, 0.1) is 0 Å². The summed E-state index contributed by atoms with van der Waals surface area (Å²) in [7, 11) is 3.96. The van der Waals surface area contributed by atoms with E-state index in [0.717, 1.165) is 30.6 Å². The van der Waals surface area contributed by atoms with Gasteiger partial charge in [-0.1, -0.05) is 6.07 Å². The summed E-state index contributed by atoms with van der Waals surface area (Å²) in [6, 6.07) is 8.49. The highest BCUT2D eigenvalue weighted by molar-refractivity contribution is 5.95. The van der Waals surface area contributed by atoms with E-state index in [1.54, 1.807) is 0 Å². The number of amides is 1. The Kier molecular flexibility index (Phi) is 4.43. The van der Waals surface area contributed by atoms with Crippen molar-refractivity contribution in [1.82, 2.24) is 10.6 Å². The molecule has 19 heavy (non-hydrogen) atoms. The predicted octanol–water partition coefficient (Wildman–Crippen LogP) is 1.62. The number of piperidine rings is 1. The van der Waals surface area contributed by atoms with Gasteiger partial charge in [0.1, 0.15) is 0 Å². The molecule has 1 aromatic carbocycles. The fourth-order valence-corrected chi connectivity index (χ4v) is 2.46. The molecule has 1 aliphatic rings. The molecule has 0 aromatic heterocycles. The Labute approximate surface area is 115 Å². The summed E-state index contributed by atoms with van der Waals surface area (Å²) in [5, 5.41) is 6.53. The van der Waals surface area contributed by atoms with Crippen LogP contribution in [-0.2, 0) is 0 Å². The summed E-state index contributed by atoms with van der Waals surface area (Å²) in [6.45, 7) is 3.13. The Morgan fingerprint density at radius 1 is 1.42 bits per heavy atom. The zero-order valence-corrected chi connectivity index (χ0v) is 11.9. The normalized spacial score (nSPS) is 22.9. The lowest BCUT2D eigenvalue weighted by molar-refractivity contribution is 0.0925. The number of anilines is 1. The Hall–Kier alpha value is -1.55. The molecule has 104 valence electrons. The molecule has 1 saturated heterocycles. The molecule has 2 unspecified atom stereocenters. The number of carbonyl (C=O) groups excluding carboxylic acids is 1. The Morgan fingerprint density at radius 2 is 2.21 bits per heavy atom. The van der Waals surface area contributed by atoms with Gasteiger partial charge in [-0.15, -0.1) is 0 Å². The van der Waals surface area contributed by atoms with E-state index in [2.05, 4.69) is 17.6 Å². The monoisotopic (exact) mass is 261 g/mol. The van der Waals surface area contributed by atoms with Gasteiger partial charge in [-0.25, -0.2) is 0 Å². The molecule has 1 aromatic rings. The van der Waals surface area contributed by atoms with E-state index >= 15 is 0 Å². The van der Waals surface area contributed by atoms with Crippen LogP contribution in [0.3, 0.4) is 0 Å². The van der Waals surface area contributed by atoms with Crippen LogP contribution in [0, 0.1) is 0 Å². The standard InChI is InChI=1S/C15H23N3O/c1-11-9-13(7-8-16-11)17-15(19)12-5-4-6-14(10-12)18(2)3/h4-6,10-11,13,16H,7-9H2,1-3H3,(H,17,19). The molecular weight excluding hydrogens is 238 g/mol. The molecule has 0 spiro atoms. The third kappa shape index (κ3) is 3.70. The maximum absolute atomic E-state index is 12.2. The number of hydrogen-bond donors (Lipinski definition) is 2. The van der Waals surface area contributed by atoms with Gasteiger partial charge in [-0.05, 0) is 44.5 Å². The van der Waals surface area contributed by atoms with Crippen LogP contribution in [0.25, 0.3) is 0 Å².